The number of halogens is 2. The highest BCUT2D eigenvalue weighted by molar-refractivity contribution is 14.1. The summed E-state index contributed by atoms with van der Waals surface area (Å²) in [4.78, 5) is 12.2. The number of aromatic nitrogens is 1. The molecule has 6 heteroatoms. The van der Waals surface area contributed by atoms with E-state index in [1.165, 1.54) is 4.57 Å². The van der Waals surface area contributed by atoms with Gasteiger partial charge in [-0.15, -0.1) is 0 Å². The van der Waals surface area contributed by atoms with E-state index >= 15 is 0 Å². The Balaban J connectivity index is 2.59. The van der Waals surface area contributed by atoms with E-state index in [1.807, 2.05) is 26.8 Å². The van der Waals surface area contributed by atoms with Gasteiger partial charge in [0.2, 0.25) is 0 Å². The fraction of sp³-hybridized carbons (Fsp3) is 0.357. The van der Waals surface area contributed by atoms with Crippen molar-refractivity contribution in [1.82, 2.24) is 4.57 Å². The molecule has 0 bridgehead atoms. The van der Waals surface area contributed by atoms with E-state index in [0.717, 1.165) is 8.96 Å². The average molecular weight is 408 g/mol. The molecule has 0 aliphatic carbocycles. The zero-order chi connectivity index (χ0) is 15.1. The Bertz CT molecular complexity index is 673. The summed E-state index contributed by atoms with van der Waals surface area (Å²) in [5.41, 5.74) is 0.0732. The number of nitrogens with zero attached hydrogens (tertiary/aromatic N) is 1. The number of carbonyl (C=O) groups is 1. The van der Waals surface area contributed by atoms with E-state index in [1.54, 1.807) is 19.4 Å². The van der Waals surface area contributed by atoms with Crippen molar-refractivity contribution in [3.63, 3.8) is 0 Å². The van der Waals surface area contributed by atoms with Gasteiger partial charge in [0.1, 0.15) is 11.4 Å². The number of carbonyl (C=O) groups excluding carboxylic acids is 1. The molecular formula is C14H15ClINO3. The lowest BCUT2D eigenvalue weighted by Gasteiger charge is -2.20. The molecule has 0 aliphatic rings. The Labute approximate surface area is 136 Å². The third-order valence-corrected chi connectivity index (χ3v) is 3.75. The quantitative estimate of drug-likeness (QED) is 0.644. The average Bonchev–Trinajstić information content (AvgIpc) is 2.65. The molecule has 2 aromatic rings. The summed E-state index contributed by atoms with van der Waals surface area (Å²) in [6, 6.07) is 3.53. The highest BCUT2D eigenvalue weighted by atomic mass is 127. The SMILES string of the molecule is COc1cc(Cl)c2c(c1)c(I)cn2C(=O)OC(C)(C)C. The van der Waals surface area contributed by atoms with Crippen molar-refractivity contribution >= 4 is 51.2 Å². The van der Waals surface area contributed by atoms with Crippen LogP contribution in [-0.4, -0.2) is 23.4 Å². The summed E-state index contributed by atoms with van der Waals surface area (Å²) in [6.45, 7) is 5.48. The van der Waals surface area contributed by atoms with E-state index in [2.05, 4.69) is 22.6 Å². The fourth-order valence-electron chi connectivity index (χ4n) is 1.82. The van der Waals surface area contributed by atoms with Crippen molar-refractivity contribution in [1.29, 1.82) is 0 Å². The van der Waals surface area contributed by atoms with Gasteiger partial charge in [0.25, 0.3) is 0 Å². The van der Waals surface area contributed by atoms with Crippen molar-refractivity contribution in [2.24, 2.45) is 0 Å². The van der Waals surface area contributed by atoms with Crippen LogP contribution in [0.25, 0.3) is 10.9 Å². The molecule has 108 valence electrons. The van der Waals surface area contributed by atoms with Gasteiger partial charge in [-0.2, -0.15) is 0 Å². The Morgan fingerprint density at radius 3 is 2.55 bits per heavy atom. The summed E-state index contributed by atoms with van der Waals surface area (Å²) in [6.07, 6.45) is 1.27. The maximum Gasteiger partial charge on any atom is 0.419 e. The van der Waals surface area contributed by atoms with Gasteiger partial charge < -0.3 is 9.47 Å². The molecule has 0 aliphatic heterocycles. The number of hydrogen-bond donors (Lipinski definition) is 0. The van der Waals surface area contributed by atoms with E-state index in [0.29, 0.717) is 16.3 Å². The minimum Gasteiger partial charge on any atom is -0.497 e. The van der Waals surface area contributed by atoms with Crippen LogP contribution in [0.2, 0.25) is 5.02 Å². The van der Waals surface area contributed by atoms with Gasteiger partial charge in [-0.1, -0.05) is 11.6 Å². The Hall–Kier alpha value is -0.950. The molecule has 1 aromatic heterocycles. The van der Waals surface area contributed by atoms with Crippen molar-refractivity contribution in [2.75, 3.05) is 7.11 Å². The molecule has 1 heterocycles. The van der Waals surface area contributed by atoms with Crippen LogP contribution in [-0.2, 0) is 4.74 Å². The number of hydrogen-bond acceptors (Lipinski definition) is 3. The van der Waals surface area contributed by atoms with Crippen LogP contribution in [0.3, 0.4) is 0 Å². The predicted octanol–water partition coefficient (Wildman–Crippen LogP) is 4.69. The monoisotopic (exact) mass is 407 g/mol. The molecule has 1 aromatic carbocycles. The Morgan fingerprint density at radius 1 is 1.35 bits per heavy atom. The first-order valence-corrected chi connectivity index (χ1v) is 7.46. The molecule has 0 atom stereocenters. The second-order valence-corrected chi connectivity index (χ2v) is 6.90. The second-order valence-electron chi connectivity index (χ2n) is 5.33. The molecule has 0 saturated carbocycles. The van der Waals surface area contributed by atoms with Gasteiger partial charge in [-0.3, -0.25) is 0 Å². The maximum atomic E-state index is 12.2. The van der Waals surface area contributed by atoms with Crippen molar-refractivity contribution in [3.05, 3.63) is 26.9 Å². The number of benzene rings is 1. The third-order valence-electron chi connectivity index (χ3n) is 2.60. The van der Waals surface area contributed by atoms with Gasteiger partial charge in [0.15, 0.2) is 0 Å². The lowest BCUT2D eigenvalue weighted by molar-refractivity contribution is 0.0544. The first-order chi connectivity index (χ1) is 9.23. The van der Waals surface area contributed by atoms with Crippen LogP contribution in [0.1, 0.15) is 20.8 Å². The molecule has 0 unspecified atom stereocenters. The molecule has 0 amide bonds. The molecule has 20 heavy (non-hydrogen) atoms. The largest absolute Gasteiger partial charge is 0.497 e. The van der Waals surface area contributed by atoms with E-state index in [9.17, 15) is 4.79 Å². The van der Waals surface area contributed by atoms with Gasteiger partial charge in [0.05, 0.1) is 17.6 Å². The molecule has 2 rings (SSSR count). The molecule has 0 saturated heterocycles. The molecular weight excluding hydrogens is 393 g/mol. The molecule has 4 nitrogen and oxygen atoms in total. The molecule has 0 fully saturated rings. The first-order valence-electron chi connectivity index (χ1n) is 6.00. The van der Waals surface area contributed by atoms with Crippen molar-refractivity contribution < 1.29 is 14.3 Å². The van der Waals surface area contributed by atoms with Crippen LogP contribution < -0.4 is 4.74 Å². The molecule has 0 N–H and O–H groups in total. The Morgan fingerprint density at radius 2 is 2.00 bits per heavy atom. The van der Waals surface area contributed by atoms with Crippen LogP contribution in [0.5, 0.6) is 5.75 Å². The van der Waals surface area contributed by atoms with Gasteiger partial charge in [-0.25, -0.2) is 9.36 Å². The highest BCUT2D eigenvalue weighted by Crippen LogP contribution is 2.33. The summed E-state index contributed by atoms with van der Waals surface area (Å²) in [5.74, 6) is 0.655. The summed E-state index contributed by atoms with van der Waals surface area (Å²) in [7, 11) is 1.58. The van der Waals surface area contributed by atoms with E-state index < -0.39 is 11.7 Å². The van der Waals surface area contributed by atoms with Crippen LogP contribution >= 0.6 is 34.2 Å². The van der Waals surface area contributed by atoms with Crippen LogP contribution in [0, 0.1) is 3.57 Å². The zero-order valence-electron chi connectivity index (χ0n) is 11.7. The maximum absolute atomic E-state index is 12.2. The van der Waals surface area contributed by atoms with Crippen LogP contribution in [0.4, 0.5) is 4.79 Å². The standard InChI is InChI=1S/C14H15ClINO3/c1-14(2,3)20-13(18)17-7-11(16)9-5-8(19-4)6-10(15)12(9)17/h5-7H,1-4H3. The topological polar surface area (TPSA) is 40.5 Å². The van der Waals surface area contributed by atoms with E-state index in [-0.39, 0.29) is 0 Å². The number of rotatable bonds is 1. The van der Waals surface area contributed by atoms with Gasteiger partial charge in [0, 0.05) is 21.2 Å². The van der Waals surface area contributed by atoms with E-state index in [4.69, 9.17) is 21.1 Å². The minimum atomic E-state index is -0.557. The van der Waals surface area contributed by atoms with Crippen molar-refractivity contribution in [3.8, 4) is 5.75 Å². The number of methoxy groups -OCH3 is 1. The predicted molar refractivity (Wildman–Crippen MR) is 87.8 cm³/mol. The van der Waals surface area contributed by atoms with Gasteiger partial charge in [-0.05, 0) is 49.4 Å². The lowest BCUT2D eigenvalue weighted by atomic mass is 10.2. The smallest absolute Gasteiger partial charge is 0.419 e. The molecule has 0 spiro atoms. The lowest BCUT2D eigenvalue weighted by Crippen LogP contribution is -2.26. The third kappa shape index (κ3) is 3.03. The summed E-state index contributed by atoms with van der Waals surface area (Å²) >= 11 is 8.42. The normalized spacial score (nSPS) is 11.7. The minimum absolute atomic E-state index is 0.447. The first kappa shape index (κ1) is 15.4. The fourth-order valence-corrected chi connectivity index (χ4v) is 2.81. The summed E-state index contributed by atoms with van der Waals surface area (Å²) in [5, 5.41) is 1.31. The van der Waals surface area contributed by atoms with Crippen molar-refractivity contribution in [2.45, 2.75) is 26.4 Å². The zero-order valence-corrected chi connectivity index (χ0v) is 14.6. The number of ether oxygens (including phenoxy) is 2. The highest BCUT2D eigenvalue weighted by Gasteiger charge is 2.22. The molecule has 0 radical (unpaired) electrons. The van der Waals surface area contributed by atoms with Crippen LogP contribution in [0.15, 0.2) is 18.3 Å². The number of fused-ring (bicyclic) bond motifs is 1. The Kier molecular flexibility index (Phi) is 4.20. The van der Waals surface area contributed by atoms with Gasteiger partial charge >= 0.3 is 6.09 Å². The second kappa shape index (κ2) is 5.44. The summed E-state index contributed by atoms with van der Waals surface area (Å²) < 4.78 is 12.9.